The van der Waals surface area contributed by atoms with Crippen molar-refractivity contribution in [3.05, 3.63) is 52.5 Å². The zero-order valence-electron chi connectivity index (χ0n) is 16.1. The van der Waals surface area contributed by atoms with Crippen molar-refractivity contribution in [1.82, 2.24) is 4.90 Å². The largest absolute Gasteiger partial charge is 0.493 e. The third-order valence-electron chi connectivity index (χ3n) is 4.88. The quantitative estimate of drug-likeness (QED) is 0.746. The van der Waals surface area contributed by atoms with Gasteiger partial charge in [-0.1, -0.05) is 30.7 Å². The number of carbonyl (C=O) groups excluding carboxylic acids is 1. The lowest BCUT2D eigenvalue weighted by atomic mass is 10.0. The summed E-state index contributed by atoms with van der Waals surface area (Å²) in [6.45, 7) is 6.50. The monoisotopic (exact) mass is 388 g/mol. The normalized spacial score (nSPS) is 17.1. The van der Waals surface area contributed by atoms with Crippen LogP contribution in [0.2, 0.25) is 5.02 Å². The fourth-order valence-corrected chi connectivity index (χ4v) is 3.62. The topological polar surface area (TPSA) is 50.8 Å². The number of amides is 1. The Morgan fingerprint density at radius 1 is 1.26 bits per heavy atom. The smallest absolute Gasteiger partial charge is 0.258 e. The molecule has 1 aliphatic heterocycles. The summed E-state index contributed by atoms with van der Waals surface area (Å²) in [7, 11) is 1.58. The Balaban J connectivity index is 2.10. The van der Waals surface area contributed by atoms with Gasteiger partial charge in [-0.3, -0.25) is 4.79 Å². The highest BCUT2D eigenvalue weighted by Crippen LogP contribution is 2.41. The standard InChI is InChI=1S/C21H25ClN2O3/c1-5-13(3)24-20(23-17-10-8-7-9-15(17)21(24)25)14-11-16(22)19(27-6-2)18(12-14)26-4/h7-13,20,23H,5-6H2,1-4H3/t13-,20+/m1/s1. The molecule has 144 valence electrons. The summed E-state index contributed by atoms with van der Waals surface area (Å²) in [5, 5.41) is 3.95. The Kier molecular flexibility index (Phi) is 5.80. The van der Waals surface area contributed by atoms with E-state index in [1.807, 2.05) is 55.1 Å². The van der Waals surface area contributed by atoms with Gasteiger partial charge in [0.15, 0.2) is 11.5 Å². The number of hydrogen-bond acceptors (Lipinski definition) is 4. The number of halogens is 1. The average Bonchev–Trinajstić information content (AvgIpc) is 2.68. The highest BCUT2D eigenvalue weighted by atomic mass is 35.5. The van der Waals surface area contributed by atoms with Crippen molar-refractivity contribution in [2.75, 3.05) is 19.0 Å². The number of anilines is 1. The highest BCUT2D eigenvalue weighted by Gasteiger charge is 2.36. The van der Waals surface area contributed by atoms with E-state index in [0.717, 1.165) is 17.7 Å². The molecule has 0 radical (unpaired) electrons. The van der Waals surface area contributed by atoms with Gasteiger partial charge in [-0.25, -0.2) is 0 Å². The molecule has 1 N–H and O–H groups in total. The Hall–Kier alpha value is -2.40. The number of carbonyl (C=O) groups is 1. The minimum absolute atomic E-state index is 0.00711. The number of nitrogens with zero attached hydrogens (tertiary/aromatic N) is 1. The van der Waals surface area contributed by atoms with Crippen molar-refractivity contribution in [1.29, 1.82) is 0 Å². The van der Waals surface area contributed by atoms with Crippen LogP contribution in [0.5, 0.6) is 11.5 Å². The number of hydrogen-bond donors (Lipinski definition) is 1. The van der Waals surface area contributed by atoms with Crippen molar-refractivity contribution in [3.8, 4) is 11.5 Å². The second-order valence-electron chi connectivity index (χ2n) is 6.53. The van der Waals surface area contributed by atoms with E-state index < -0.39 is 0 Å². The molecule has 1 heterocycles. The summed E-state index contributed by atoms with van der Waals surface area (Å²) < 4.78 is 11.1. The Morgan fingerprint density at radius 2 is 2.00 bits per heavy atom. The SMILES string of the molecule is CCOc1c(Cl)cc([C@H]2Nc3ccccc3C(=O)N2[C@H](C)CC)cc1OC. The summed E-state index contributed by atoms with van der Waals surface area (Å²) in [6, 6.07) is 11.3. The number of ether oxygens (including phenoxy) is 2. The van der Waals surface area contributed by atoms with Crippen molar-refractivity contribution in [2.24, 2.45) is 0 Å². The average molecular weight is 389 g/mol. The number of methoxy groups -OCH3 is 1. The Bertz CT molecular complexity index is 840. The molecule has 1 amide bonds. The fourth-order valence-electron chi connectivity index (χ4n) is 3.35. The maximum atomic E-state index is 13.2. The maximum absolute atomic E-state index is 13.2. The van der Waals surface area contributed by atoms with Crippen molar-refractivity contribution in [2.45, 2.75) is 39.4 Å². The Labute approximate surface area is 165 Å². The van der Waals surface area contributed by atoms with Gasteiger partial charge in [0, 0.05) is 17.3 Å². The van der Waals surface area contributed by atoms with E-state index in [2.05, 4.69) is 12.2 Å². The molecule has 2 atom stereocenters. The molecule has 0 bridgehead atoms. The highest BCUT2D eigenvalue weighted by molar-refractivity contribution is 6.32. The van der Waals surface area contributed by atoms with Crippen LogP contribution in [0.3, 0.4) is 0 Å². The predicted octanol–water partition coefficient (Wildman–Crippen LogP) is 5.11. The number of rotatable bonds is 6. The molecule has 0 aliphatic carbocycles. The lowest BCUT2D eigenvalue weighted by Crippen LogP contribution is -2.47. The van der Waals surface area contributed by atoms with Crippen molar-refractivity contribution >= 4 is 23.2 Å². The van der Waals surface area contributed by atoms with Gasteiger partial charge in [0.1, 0.15) is 6.17 Å². The van der Waals surface area contributed by atoms with Crippen molar-refractivity contribution < 1.29 is 14.3 Å². The number of para-hydroxylation sites is 1. The summed E-state index contributed by atoms with van der Waals surface area (Å²) in [4.78, 5) is 15.1. The minimum Gasteiger partial charge on any atom is -0.493 e. The molecule has 0 aromatic heterocycles. The van der Waals surface area contributed by atoms with Gasteiger partial charge in [0.2, 0.25) is 0 Å². The van der Waals surface area contributed by atoms with Crippen LogP contribution >= 0.6 is 11.6 Å². The molecule has 0 fully saturated rings. The fraction of sp³-hybridized carbons (Fsp3) is 0.381. The van der Waals surface area contributed by atoms with Crippen LogP contribution in [-0.2, 0) is 0 Å². The molecular formula is C21H25ClN2O3. The molecule has 0 unspecified atom stereocenters. The van der Waals surface area contributed by atoms with Crippen molar-refractivity contribution in [3.63, 3.8) is 0 Å². The van der Waals surface area contributed by atoms with Crippen LogP contribution in [0.1, 0.15) is 49.3 Å². The zero-order chi connectivity index (χ0) is 19.6. The lowest BCUT2D eigenvalue weighted by Gasteiger charge is -2.41. The van der Waals surface area contributed by atoms with Gasteiger partial charge in [0.25, 0.3) is 5.91 Å². The van der Waals surface area contributed by atoms with E-state index in [0.29, 0.717) is 28.7 Å². The molecule has 6 heteroatoms. The van der Waals surface area contributed by atoms with Gasteiger partial charge in [-0.15, -0.1) is 0 Å². The molecule has 2 aromatic carbocycles. The van der Waals surface area contributed by atoms with Crippen LogP contribution in [0.4, 0.5) is 5.69 Å². The first-order valence-electron chi connectivity index (χ1n) is 9.20. The molecule has 5 nitrogen and oxygen atoms in total. The van der Waals surface area contributed by atoms with E-state index >= 15 is 0 Å². The van der Waals surface area contributed by atoms with E-state index in [9.17, 15) is 4.79 Å². The third-order valence-corrected chi connectivity index (χ3v) is 5.16. The summed E-state index contributed by atoms with van der Waals surface area (Å²) in [5.74, 6) is 1.08. The molecule has 3 rings (SSSR count). The summed E-state index contributed by atoms with van der Waals surface area (Å²) in [5.41, 5.74) is 2.34. The second kappa shape index (κ2) is 8.09. The molecule has 1 aliphatic rings. The van der Waals surface area contributed by atoms with E-state index in [-0.39, 0.29) is 18.1 Å². The second-order valence-corrected chi connectivity index (χ2v) is 6.94. The number of benzene rings is 2. The molecule has 0 spiro atoms. The maximum Gasteiger partial charge on any atom is 0.258 e. The predicted molar refractivity (Wildman–Crippen MR) is 108 cm³/mol. The molecule has 0 saturated heterocycles. The van der Waals surface area contributed by atoms with Crippen LogP contribution in [0.25, 0.3) is 0 Å². The first-order chi connectivity index (χ1) is 13.0. The van der Waals surface area contributed by atoms with E-state index in [1.165, 1.54) is 0 Å². The van der Waals surface area contributed by atoms with Crippen LogP contribution < -0.4 is 14.8 Å². The summed E-state index contributed by atoms with van der Waals surface area (Å²) >= 11 is 6.47. The minimum atomic E-state index is -0.343. The van der Waals surface area contributed by atoms with Crippen LogP contribution in [-0.4, -0.2) is 30.6 Å². The summed E-state index contributed by atoms with van der Waals surface area (Å²) in [6.07, 6.45) is 0.498. The number of nitrogens with one attached hydrogen (secondary N) is 1. The Morgan fingerprint density at radius 3 is 2.67 bits per heavy atom. The van der Waals surface area contributed by atoms with Gasteiger partial charge < -0.3 is 19.7 Å². The molecule has 0 saturated carbocycles. The van der Waals surface area contributed by atoms with Crippen LogP contribution in [0.15, 0.2) is 36.4 Å². The first kappa shape index (κ1) is 19.4. The third kappa shape index (κ3) is 3.56. The number of fused-ring (bicyclic) bond motifs is 1. The first-order valence-corrected chi connectivity index (χ1v) is 9.58. The van der Waals surface area contributed by atoms with Gasteiger partial charge >= 0.3 is 0 Å². The lowest BCUT2D eigenvalue weighted by molar-refractivity contribution is 0.0593. The van der Waals surface area contributed by atoms with E-state index in [1.54, 1.807) is 7.11 Å². The molecule has 27 heavy (non-hydrogen) atoms. The van der Waals surface area contributed by atoms with Gasteiger partial charge in [-0.2, -0.15) is 0 Å². The van der Waals surface area contributed by atoms with Gasteiger partial charge in [-0.05, 0) is 44.5 Å². The zero-order valence-corrected chi connectivity index (χ0v) is 16.8. The van der Waals surface area contributed by atoms with E-state index in [4.69, 9.17) is 21.1 Å². The van der Waals surface area contributed by atoms with Crippen LogP contribution in [0, 0.1) is 0 Å². The molecular weight excluding hydrogens is 364 g/mol. The van der Waals surface area contributed by atoms with Gasteiger partial charge in [0.05, 0.1) is 24.3 Å². The molecule has 2 aromatic rings.